The highest BCUT2D eigenvalue weighted by molar-refractivity contribution is 7.92. The topological polar surface area (TPSA) is 82.6 Å². The van der Waals surface area contributed by atoms with E-state index < -0.39 is 15.9 Å². The molecule has 1 aliphatic heterocycles. The van der Waals surface area contributed by atoms with Crippen LogP contribution < -0.4 is 9.62 Å². The molecule has 0 saturated carbocycles. The molecule has 2 heterocycles. The van der Waals surface area contributed by atoms with E-state index in [1.165, 1.54) is 16.4 Å². The van der Waals surface area contributed by atoms with E-state index in [0.717, 1.165) is 5.56 Å². The van der Waals surface area contributed by atoms with Gasteiger partial charge in [-0.05, 0) is 62.5 Å². The fourth-order valence-corrected chi connectivity index (χ4v) is 6.08. The maximum absolute atomic E-state index is 13.6. The Labute approximate surface area is 213 Å². The maximum Gasteiger partial charge on any atom is 0.265 e. The van der Waals surface area contributed by atoms with Gasteiger partial charge in [0.15, 0.2) is 0 Å². The number of hydrogen-bond acceptors (Lipinski definition) is 5. The summed E-state index contributed by atoms with van der Waals surface area (Å²) >= 11 is 18.4. The minimum Gasteiger partial charge on any atom is -0.306 e. The highest BCUT2D eigenvalue weighted by atomic mass is 35.5. The van der Waals surface area contributed by atoms with Crippen molar-refractivity contribution in [1.29, 1.82) is 0 Å². The minimum absolute atomic E-state index is 0.0597. The minimum atomic E-state index is -3.97. The molecule has 2 aromatic carbocycles. The van der Waals surface area contributed by atoms with E-state index in [9.17, 15) is 13.2 Å². The third-order valence-electron chi connectivity index (χ3n) is 5.57. The smallest absolute Gasteiger partial charge is 0.265 e. The highest BCUT2D eigenvalue weighted by Crippen LogP contribution is 2.34. The quantitative estimate of drug-likeness (QED) is 0.495. The van der Waals surface area contributed by atoms with E-state index in [2.05, 4.69) is 10.3 Å². The van der Waals surface area contributed by atoms with Crippen molar-refractivity contribution < 1.29 is 13.2 Å². The first-order valence-electron chi connectivity index (χ1n) is 10.3. The number of aromatic nitrogens is 1. The van der Waals surface area contributed by atoms with Gasteiger partial charge in [-0.3, -0.25) is 4.79 Å². The second-order valence-electron chi connectivity index (χ2n) is 8.05. The summed E-state index contributed by atoms with van der Waals surface area (Å²) in [5.41, 5.74) is 0.853. The number of anilines is 2. The number of nitrogens with zero attached hydrogens (tertiary/aromatic N) is 3. The van der Waals surface area contributed by atoms with Crippen molar-refractivity contribution in [3.63, 3.8) is 0 Å². The zero-order chi connectivity index (χ0) is 24.6. The van der Waals surface area contributed by atoms with Crippen molar-refractivity contribution in [2.75, 3.05) is 30.3 Å². The van der Waals surface area contributed by atoms with Crippen molar-refractivity contribution in [3.8, 4) is 0 Å². The second-order valence-corrected chi connectivity index (χ2v) is 11.2. The van der Waals surface area contributed by atoms with Crippen LogP contribution in [-0.4, -0.2) is 50.9 Å². The van der Waals surface area contributed by atoms with Crippen LogP contribution in [0.2, 0.25) is 15.1 Å². The van der Waals surface area contributed by atoms with Gasteiger partial charge in [-0.1, -0.05) is 53.0 Å². The number of hydrogen-bond donors (Lipinski definition) is 1. The Morgan fingerprint density at radius 1 is 1.06 bits per heavy atom. The molecule has 1 amide bonds. The maximum atomic E-state index is 13.6. The standard InChI is InChI=1S/C23H21Cl3N4O3S/c1-29(2)16-11-14-9-10-20(28-23(31)21-18(25)7-4-8-19(21)26)27-22(14)30(13-16)34(32,33)17-6-3-5-15(24)12-17/h3-10,12,16H,11,13H2,1-2H3,(H,27,28,31). The lowest BCUT2D eigenvalue weighted by Crippen LogP contribution is -2.48. The molecule has 0 spiro atoms. The summed E-state index contributed by atoms with van der Waals surface area (Å²) in [7, 11) is -0.174. The number of carbonyl (C=O) groups is 1. The number of amides is 1. The number of halogens is 3. The van der Waals surface area contributed by atoms with Crippen LogP contribution in [-0.2, 0) is 16.4 Å². The number of carbonyl (C=O) groups excluding carboxylic acids is 1. The third-order valence-corrected chi connectivity index (χ3v) is 8.19. The van der Waals surface area contributed by atoms with Crippen molar-refractivity contribution in [2.45, 2.75) is 17.4 Å². The monoisotopic (exact) mass is 538 g/mol. The SMILES string of the molecule is CN(C)C1Cc2ccc(NC(=O)c3c(Cl)cccc3Cl)nc2N(S(=O)(=O)c2cccc(Cl)c2)C1. The van der Waals surface area contributed by atoms with E-state index >= 15 is 0 Å². The normalized spacial score (nSPS) is 15.8. The van der Waals surface area contributed by atoms with E-state index in [4.69, 9.17) is 34.8 Å². The Kier molecular flexibility index (Phi) is 7.07. The van der Waals surface area contributed by atoms with Crippen LogP contribution in [0.1, 0.15) is 15.9 Å². The molecule has 0 fully saturated rings. The van der Waals surface area contributed by atoms with Gasteiger partial charge in [-0.15, -0.1) is 0 Å². The Hall–Kier alpha value is -2.36. The van der Waals surface area contributed by atoms with Crippen LogP contribution >= 0.6 is 34.8 Å². The Bertz CT molecular complexity index is 1350. The van der Waals surface area contributed by atoms with Gasteiger partial charge in [0.1, 0.15) is 11.6 Å². The fourth-order valence-electron chi connectivity index (χ4n) is 3.72. The van der Waals surface area contributed by atoms with Gasteiger partial charge in [0.05, 0.1) is 27.0 Å². The van der Waals surface area contributed by atoms with Crippen molar-refractivity contribution in [2.24, 2.45) is 0 Å². The van der Waals surface area contributed by atoms with Crippen LogP contribution in [0.15, 0.2) is 59.5 Å². The van der Waals surface area contributed by atoms with Gasteiger partial charge < -0.3 is 10.2 Å². The predicted octanol–water partition coefficient (Wildman–Crippen LogP) is 4.98. The lowest BCUT2D eigenvalue weighted by atomic mass is 10.0. The average molecular weight is 540 g/mol. The van der Waals surface area contributed by atoms with Crippen molar-refractivity contribution in [1.82, 2.24) is 9.88 Å². The van der Waals surface area contributed by atoms with Crippen molar-refractivity contribution >= 4 is 62.4 Å². The molecule has 11 heteroatoms. The van der Waals surface area contributed by atoms with E-state index in [1.807, 2.05) is 19.0 Å². The van der Waals surface area contributed by atoms with Crippen LogP contribution in [0.4, 0.5) is 11.6 Å². The second kappa shape index (κ2) is 9.71. The van der Waals surface area contributed by atoms with Crippen LogP contribution in [0.25, 0.3) is 0 Å². The first-order chi connectivity index (χ1) is 16.1. The molecule has 178 valence electrons. The number of benzene rings is 2. The number of sulfonamides is 1. The van der Waals surface area contributed by atoms with E-state index in [-0.39, 0.29) is 44.7 Å². The molecule has 1 unspecified atom stereocenters. The largest absolute Gasteiger partial charge is 0.306 e. The fraction of sp³-hybridized carbons (Fsp3) is 0.217. The van der Waals surface area contributed by atoms with Gasteiger partial charge in [-0.25, -0.2) is 17.7 Å². The third kappa shape index (κ3) is 4.87. The molecule has 1 atom stereocenters. The van der Waals surface area contributed by atoms with Gasteiger partial charge in [0.25, 0.3) is 15.9 Å². The zero-order valence-corrected chi connectivity index (χ0v) is 21.4. The van der Waals surface area contributed by atoms with Crippen LogP contribution in [0, 0.1) is 0 Å². The molecule has 1 N–H and O–H groups in total. The molecule has 1 aliphatic rings. The van der Waals surface area contributed by atoms with Gasteiger partial charge in [-0.2, -0.15) is 0 Å². The van der Waals surface area contributed by atoms with Gasteiger partial charge >= 0.3 is 0 Å². The lowest BCUT2D eigenvalue weighted by molar-refractivity contribution is 0.102. The van der Waals surface area contributed by atoms with E-state index in [0.29, 0.717) is 11.4 Å². The molecule has 34 heavy (non-hydrogen) atoms. The molecule has 0 saturated heterocycles. The first kappa shape index (κ1) is 24.8. The summed E-state index contributed by atoms with van der Waals surface area (Å²) in [5, 5.41) is 3.38. The average Bonchev–Trinajstić information content (AvgIpc) is 2.78. The lowest BCUT2D eigenvalue weighted by Gasteiger charge is -2.37. The van der Waals surface area contributed by atoms with Crippen LogP contribution in [0.5, 0.6) is 0 Å². The Morgan fingerprint density at radius 2 is 1.74 bits per heavy atom. The zero-order valence-electron chi connectivity index (χ0n) is 18.3. The molecule has 0 radical (unpaired) electrons. The Morgan fingerprint density at radius 3 is 2.38 bits per heavy atom. The molecule has 4 rings (SSSR count). The first-order valence-corrected chi connectivity index (χ1v) is 12.9. The van der Waals surface area contributed by atoms with Gasteiger partial charge in [0, 0.05) is 11.1 Å². The summed E-state index contributed by atoms with van der Waals surface area (Å²) in [6, 6.07) is 14.2. The number of fused-ring (bicyclic) bond motifs is 1. The molecule has 7 nitrogen and oxygen atoms in total. The number of nitrogens with one attached hydrogen (secondary N) is 1. The summed E-state index contributed by atoms with van der Waals surface area (Å²) in [6.45, 7) is 0.190. The summed E-state index contributed by atoms with van der Waals surface area (Å²) in [5.74, 6) is -0.121. The number of likely N-dealkylation sites (N-methyl/N-ethyl adjacent to an activating group) is 1. The highest BCUT2D eigenvalue weighted by Gasteiger charge is 2.35. The number of rotatable bonds is 5. The molecular weight excluding hydrogens is 519 g/mol. The predicted molar refractivity (Wildman–Crippen MR) is 136 cm³/mol. The number of pyridine rings is 1. The van der Waals surface area contributed by atoms with Gasteiger partial charge in [0.2, 0.25) is 0 Å². The summed E-state index contributed by atoms with van der Waals surface area (Å²) in [4.78, 5) is 19.4. The van der Waals surface area contributed by atoms with Crippen molar-refractivity contribution in [3.05, 3.63) is 80.8 Å². The molecule has 1 aromatic heterocycles. The summed E-state index contributed by atoms with van der Waals surface area (Å²) < 4.78 is 28.5. The molecular formula is C23H21Cl3N4O3S. The van der Waals surface area contributed by atoms with E-state index in [1.54, 1.807) is 42.5 Å². The molecule has 0 bridgehead atoms. The molecule has 0 aliphatic carbocycles. The van der Waals surface area contributed by atoms with Crippen LogP contribution in [0.3, 0.4) is 0 Å². The summed E-state index contributed by atoms with van der Waals surface area (Å²) in [6.07, 6.45) is 0.599. The Balaban J connectivity index is 1.75. The molecule has 3 aromatic rings.